The second kappa shape index (κ2) is 3.32. The minimum absolute atomic E-state index is 0.587. The van der Waals surface area contributed by atoms with Crippen molar-refractivity contribution >= 4 is 5.71 Å². The highest BCUT2D eigenvalue weighted by Gasteiger charge is 2.48. The molecule has 0 bridgehead atoms. The van der Waals surface area contributed by atoms with Crippen LogP contribution < -0.4 is 5.43 Å². The van der Waals surface area contributed by atoms with Crippen molar-refractivity contribution < 1.29 is 0 Å². The summed E-state index contributed by atoms with van der Waals surface area (Å²) < 4.78 is 0. The van der Waals surface area contributed by atoms with Crippen molar-refractivity contribution in [2.75, 3.05) is 6.54 Å². The van der Waals surface area contributed by atoms with Gasteiger partial charge in [0.05, 0.1) is 0 Å². The quantitative estimate of drug-likeness (QED) is 0.663. The van der Waals surface area contributed by atoms with Gasteiger partial charge in [-0.25, -0.2) is 0 Å². The summed E-state index contributed by atoms with van der Waals surface area (Å²) >= 11 is 0. The fourth-order valence-electron chi connectivity index (χ4n) is 2.23. The lowest BCUT2D eigenvalue weighted by Crippen LogP contribution is -2.47. The Morgan fingerprint density at radius 1 is 1.38 bits per heavy atom. The molecule has 0 aliphatic heterocycles. The van der Waals surface area contributed by atoms with Gasteiger partial charge in [-0.05, 0) is 31.6 Å². The lowest BCUT2D eigenvalue weighted by atomic mass is 9.55. The second-order valence-electron chi connectivity index (χ2n) is 4.95. The van der Waals surface area contributed by atoms with E-state index in [2.05, 4.69) is 24.4 Å². The van der Waals surface area contributed by atoms with Crippen molar-refractivity contribution in [3.05, 3.63) is 0 Å². The van der Waals surface area contributed by atoms with Gasteiger partial charge in [-0.1, -0.05) is 20.3 Å². The van der Waals surface area contributed by atoms with Crippen LogP contribution in [0, 0.1) is 11.3 Å². The van der Waals surface area contributed by atoms with E-state index in [4.69, 9.17) is 0 Å². The standard InChI is InChI=1S/C11H20N2/c1-9(2)8-12-13-10-4-7-11(10)5-3-6-11/h9,12H,3-8H2,1-2H3/b13-10-. The Bertz CT molecular complexity index is 209. The lowest BCUT2D eigenvalue weighted by molar-refractivity contribution is 0.174. The maximum atomic E-state index is 4.51. The van der Waals surface area contributed by atoms with Crippen molar-refractivity contribution in [2.45, 2.75) is 46.0 Å². The highest BCUT2D eigenvalue weighted by Crippen LogP contribution is 2.53. The molecule has 2 aliphatic rings. The largest absolute Gasteiger partial charge is 0.310 e. The molecule has 13 heavy (non-hydrogen) atoms. The van der Waals surface area contributed by atoms with Gasteiger partial charge in [0.1, 0.15) is 0 Å². The maximum absolute atomic E-state index is 4.51. The molecule has 2 rings (SSSR count). The van der Waals surface area contributed by atoms with Crippen molar-refractivity contribution in [3.63, 3.8) is 0 Å². The molecule has 0 radical (unpaired) electrons. The molecule has 0 saturated heterocycles. The molecule has 1 spiro atoms. The number of hydrogen-bond donors (Lipinski definition) is 1. The molecule has 2 nitrogen and oxygen atoms in total. The first-order chi connectivity index (χ1) is 6.23. The fourth-order valence-corrected chi connectivity index (χ4v) is 2.23. The molecule has 0 aromatic heterocycles. The summed E-state index contributed by atoms with van der Waals surface area (Å²) in [6.45, 7) is 5.44. The van der Waals surface area contributed by atoms with E-state index < -0.39 is 0 Å². The minimum atomic E-state index is 0.587. The molecule has 0 atom stereocenters. The van der Waals surface area contributed by atoms with Gasteiger partial charge in [0.25, 0.3) is 0 Å². The molecule has 2 heteroatoms. The first kappa shape index (κ1) is 9.04. The van der Waals surface area contributed by atoms with E-state index in [9.17, 15) is 0 Å². The van der Waals surface area contributed by atoms with Crippen LogP contribution in [0.4, 0.5) is 0 Å². The normalized spacial score (nSPS) is 27.5. The summed E-state index contributed by atoms with van der Waals surface area (Å²) in [5.74, 6) is 0.696. The van der Waals surface area contributed by atoms with Gasteiger partial charge in [-0.2, -0.15) is 5.10 Å². The zero-order valence-electron chi connectivity index (χ0n) is 8.77. The summed E-state index contributed by atoms with van der Waals surface area (Å²) in [5, 5.41) is 4.51. The summed E-state index contributed by atoms with van der Waals surface area (Å²) in [6, 6.07) is 0. The topological polar surface area (TPSA) is 24.4 Å². The van der Waals surface area contributed by atoms with Gasteiger partial charge in [-0.15, -0.1) is 0 Å². The smallest absolute Gasteiger partial charge is 0.0440 e. The lowest BCUT2D eigenvalue weighted by Gasteiger charge is -2.50. The van der Waals surface area contributed by atoms with Gasteiger partial charge < -0.3 is 5.43 Å². The van der Waals surface area contributed by atoms with Crippen molar-refractivity contribution in [3.8, 4) is 0 Å². The molecule has 0 unspecified atom stereocenters. The van der Waals surface area contributed by atoms with E-state index in [-0.39, 0.29) is 0 Å². The van der Waals surface area contributed by atoms with E-state index >= 15 is 0 Å². The highest BCUT2D eigenvalue weighted by molar-refractivity contribution is 5.96. The van der Waals surface area contributed by atoms with Crippen LogP contribution in [0.5, 0.6) is 0 Å². The SMILES string of the molecule is CC(C)CN/N=C1/CCC12CCC2. The maximum Gasteiger partial charge on any atom is 0.0440 e. The van der Waals surface area contributed by atoms with Gasteiger partial charge in [0.2, 0.25) is 0 Å². The Balaban J connectivity index is 1.80. The molecule has 74 valence electrons. The van der Waals surface area contributed by atoms with Crippen molar-refractivity contribution in [1.82, 2.24) is 5.43 Å². The molecule has 0 heterocycles. The average Bonchev–Trinajstić information content (AvgIpc) is 1.92. The Hall–Kier alpha value is -0.530. The highest BCUT2D eigenvalue weighted by atomic mass is 15.3. The third-order valence-corrected chi connectivity index (χ3v) is 3.48. The first-order valence-corrected chi connectivity index (χ1v) is 5.53. The second-order valence-corrected chi connectivity index (χ2v) is 4.95. The molecule has 0 aromatic carbocycles. The summed E-state index contributed by atoms with van der Waals surface area (Å²) in [6.07, 6.45) is 6.86. The monoisotopic (exact) mass is 180 g/mol. The van der Waals surface area contributed by atoms with E-state index in [1.165, 1.54) is 37.8 Å². The van der Waals surface area contributed by atoms with E-state index in [0.29, 0.717) is 11.3 Å². The molecule has 2 fully saturated rings. The van der Waals surface area contributed by atoms with Gasteiger partial charge >= 0.3 is 0 Å². The van der Waals surface area contributed by atoms with E-state index in [1.54, 1.807) is 0 Å². The summed E-state index contributed by atoms with van der Waals surface area (Å²) in [4.78, 5) is 0. The minimum Gasteiger partial charge on any atom is -0.310 e. The molecular formula is C11H20N2. The predicted octanol–water partition coefficient (Wildman–Crippen LogP) is 2.55. The van der Waals surface area contributed by atoms with Crippen LogP contribution in [0.25, 0.3) is 0 Å². The Kier molecular flexibility index (Phi) is 2.31. The molecular weight excluding hydrogens is 160 g/mol. The predicted molar refractivity (Wildman–Crippen MR) is 55.8 cm³/mol. The van der Waals surface area contributed by atoms with Crippen LogP contribution >= 0.6 is 0 Å². The number of hydrogen-bond acceptors (Lipinski definition) is 2. The summed E-state index contributed by atoms with van der Waals surface area (Å²) in [7, 11) is 0. The van der Waals surface area contributed by atoms with Crippen molar-refractivity contribution in [2.24, 2.45) is 16.4 Å². The van der Waals surface area contributed by atoms with Crippen LogP contribution in [0.15, 0.2) is 5.10 Å². The van der Waals surface area contributed by atoms with E-state index in [0.717, 1.165) is 6.54 Å². The third-order valence-electron chi connectivity index (χ3n) is 3.48. The van der Waals surface area contributed by atoms with Gasteiger partial charge in [-0.3, -0.25) is 0 Å². The van der Waals surface area contributed by atoms with Crippen LogP contribution in [-0.2, 0) is 0 Å². The Labute approximate surface area is 80.8 Å². The Morgan fingerprint density at radius 3 is 2.54 bits per heavy atom. The van der Waals surface area contributed by atoms with Gasteiger partial charge in [0.15, 0.2) is 0 Å². The number of hydrazone groups is 1. The third kappa shape index (κ3) is 1.59. The fraction of sp³-hybridized carbons (Fsp3) is 0.909. The Morgan fingerprint density at radius 2 is 2.15 bits per heavy atom. The zero-order chi connectivity index (χ0) is 9.31. The molecule has 0 aromatic rings. The van der Waals surface area contributed by atoms with Crippen LogP contribution in [0.3, 0.4) is 0 Å². The summed E-state index contributed by atoms with van der Waals surface area (Å²) in [5.41, 5.74) is 5.24. The molecule has 0 amide bonds. The van der Waals surface area contributed by atoms with Crippen molar-refractivity contribution in [1.29, 1.82) is 0 Å². The molecule has 1 N–H and O–H groups in total. The first-order valence-electron chi connectivity index (χ1n) is 5.53. The number of rotatable bonds is 3. The van der Waals surface area contributed by atoms with Gasteiger partial charge in [0, 0.05) is 17.7 Å². The zero-order valence-corrected chi connectivity index (χ0v) is 8.77. The van der Waals surface area contributed by atoms with E-state index in [1.807, 2.05) is 0 Å². The average molecular weight is 180 g/mol. The number of nitrogens with zero attached hydrogens (tertiary/aromatic N) is 1. The molecule has 2 saturated carbocycles. The van der Waals surface area contributed by atoms with Crippen LogP contribution in [0.2, 0.25) is 0 Å². The number of nitrogens with one attached hydrogen (secondary N) is 1. The van der Waals surface area contributed by atoms with Crippen LogP contribution in [-0.4, -0.2) is 12.3 Å². The van der Waals surface area contributed by atoms with Crippen LogP contribution in [0.1, 0.15) is 46.0 Å². The molecule has 2 aliphatic carbocycles.